The van der Waals surface area contributed by atoms with E-state index in [4.69, 9.17) is 16.3 Å². The van der Waals surface area contributed by atoms with Crippen molar-refractivity contribution in [3.05, 3.63) is 16.7 Å². The lowest BCUT2D eigenvalue weighted by Crippen LogP contribution is -1.89. The third kappa shape index (κ3) is 1.13. The van der Waals surface area contributed by atoms with Gasteiger partial charge in [-0.1, -0.05) is 0 Å². The van der Waals surface area contributed by atoms with Crippen LogP contribution in [0.25, 0.3) is 10.2 Å². The van der Waals surface area contributed by atoms with E-state index in [0.29, 0.717) is 5.88 Å². The van der Waals surface area contributed by atoms with Gasteiger partial charge in [-0.3, -0.25) is 0 Å². The Morgan fingerprint density at radius 2 is 2.33 bits per heavy atom. The first-order valence-electron chi connectivity index (χ1n) is 3.26. The predicted molar refractivity (Wildman–Crippen MR) is 49.0 cm³/mol. The number of hydrogen-bond donors (Lipinski definition) is 0. The van der Waals surface area contributed by atoms with Gasteiger partial charge in [-0.15, -0.1) is 11.3 Å². The van der Waals surface area contributed by atoms with Crippen LogP contribution in [0.4, 0.5) is 0 Å². The predicted octanol–water partition coefficient (Wildman–Crippen LogP) is 2.35. The Morgan fingerprint density at radius 1 is 1.50 bits per heavy atom. The smallest absolute Gasteiger partial charge is 0.235 e. The van der Waals surface area contributed by atoms with Crippen LogP contribution >= 0.6 is 22.9 Å². The van der Waals surface area contributed by atoms with Gasteiger partial charge in [0.15, 0.2) is 0 Å². The Balaban J connectivity index is 2.80. The van der Waals surface area contributed by atoms with E-state index in [9.17, 15) is 0 Å². The normalized spacial score (nSPS) is 10.5. The maximum absolute atomic E-state index is 5.66. The second-order valence-electron chi connectivity index (χ2n) is 2.14. The number of methoxy groups -OCH3 is 1. The van der Waals surface area contributed by atoms with Crippen molar-refractivity contribution >= 4 is 33.2 Å². The van der Waals surface area contributed by atoms with Crippen LogP contribution in [0, 0.1) is 0 Å². The number of ether oxygens (including phenoxy) is 1. The van der Waals surface area contributed by atoms with Crippen molar-refractivity contribution < 1.29 is 4.74 Å². The summed E-state index contributed by atoms with van der Waals surface area (Å²) in [5.74, 6) is 0.542. The molecular formula is C7H5ClN2OS. The summed E-state index contributed by atoms with van der Waals surface area (Å²) in [5.41, 5.74) is 0.830. The van der Waals surface area contributed by atoms with Crippen molar-refractivity contribution in [1.82, 2.24) is 9.97 Å². The van der Waals surface area contributed by atoms with Crippen molar-refractivity contribution in [2.45, 2.75) is 0 Å². The largest absolute Gasteiger partial charge is 0.480 e. The van der Waals surface area contributed by atoms with E-state index in [1.807, 2.05) is 11.4 Å². The minimum absolute atomic E-state index is 0.220. The summed E-state index contributed by atoms with van der Waals surface area (Å²) in [5, 5.41) is 2.15. The Morgan fingerprint density at radius 3 is 3.08 bits per heavy atom. The van der Waals surface area contributed by atoms with Gasteiger partial charge in [-0.2, -0.15) is 4.98 Å². The number of thiophene rings is 1. The highest BCUT2D eigenvalue weighted by molar-refractivity contribution is 7.17. The van der Waals surface area contributed by atoms with Gasteiger partial charge >= 0.3 is 0 Å². The molecule has 0 amide bonds. The first-order valence-corrected chi connectivity index (χ1v) is 4.52. The molecule has 2 aromatic rings. The van der Waals surface area contributed by atoms with Crippen LogP contribution in [-0.4, -0.2) is 17.1 Å². The maximum atomic E-state index is 5.66. The molecule has 2 rings (SSSR count). The molecule has 0 atom stereocenters. The van der Waals surface area contributed by atoms with Crippen LogP contribution in [0.5, 0.6) is 5.88 Å². The number of nitrogens with zero attached hydrogens (tertiary/aromatic N) is 2. The molecule has 12 heavy (non-hydrogen) atoms. The molecule has 62 valence electrons. The van der Waals surface area contributed by atoms with E-state index < -0.39 is 0 Å². The van der Waals surface area contributed by atoms with Crippen LogP contribution < -0.4 is 4.74 Å². The van der Waals surface area contributed by atoms with Gasteiger partial charge in [-0.05, 0) is 23.0 Å². The van der Waals surface area contributed by atoms with E-state index in [-0.39, 0.29) is 5.28 Å². The molecule has 0 aromatic carbocycles. The quantitative estimate of drug-likeness (QED) is 0.663. The molecule has 0 bridgehead atoms. The molecule has 2 aromatic heterocycles. The van der Waals surface area contributed by atoms with Crippen LogP contribution in [-0.2, 0) is 0 Å². The van der Waals surface area contributed by atoms with Crippen molar-refractivity contribution in [3.8, 4) is 5.88 Å². The highest BCUT2D eigenvalue weighted by Gasteiger charge is 2.06. The topological polar surface area (TPSA) is 35.0 Å². The molecular weight excluding hydrogens is 196 g/mol. The van der Waals surface area contributed by atoms with Crippen molar-refractivity contribution in [2.75, 3.05) is 7.11 Å². The van der Waals surface area contributed by atoms with Gasteiger partial charge in [0.1, 0.15) is 4.70 Å². The Kier molecular flexibility index (Phi) is 1.86. The zero-order valence-electron chi connectivity index (χ0n) is 6.24. The number of aromatic nitrogens is 2. The molecule has 0 unspecified atom stereocenters. The Hall–Kier alpha value is -0.870. The van der Waals surface area contributed by atoms with E-state index in [2.05, 4.69) is 9.97 Å². The molecule has 3 nitrogen and oxygen atoms in total. The highest BCUT2D eigenvalue weighted by Crippen LogP contribution is 2.28. The van der Waals surface area contributed by atoms with Crippen molar-refractivity contribution in [2.24, 2.45) is 0 Å². The maximum Gasteiger partial charge on any atom is 0.235 e. The number of fused-ring (bicyclic) bond motifs is 1. The van der Waals surface area contributed by atoms with E-state index in [1.54, 1.807) is 7.11 Å². The third-order valence-electron chi connectivity index (χ3n) is 1.44. The molecule has 0 aliphatic rings. The van der Waals surface area contributed by atoms with E-state index in [0.717, 1.165) is 10.2 Å². The molecule has 0 radical (unpaired) electrons. The molecule has 0 N–H and O–H groups in total. The fourth-order valence-corrected chi connectivity index (χ4v) is 1.91. The van der Waals surface area contributed by atoms with Crippen LogP contribution in [0.3, 0.4) is 0 Å². The number of rotatable bonds is 1. The van der Waals surface area contributed by atoms with Crippen LogP contribution in [0.15, 0.2) is 11.4 Å². The van der Waals surface area contributed by atoms with Crippen LogP contribution in [0.2, 0.25) is 5.28 Å². The lowest BCUT2D eigenvalue weighted by Gasteiger charge is -1.98. The summed E-state index contributed by atoms with van der Waals surface area (Å²) in [6, 6.07) is 1.88. The summed E-state index contributed by atoms with van der Waals surface area (Å²) < 4.78 is 5.97. The summed E-state index contributed by atoms with van der Waals surface area (Å²) in [6.45, 7) is 0. The molecule has 0 spiro atoms. The Bertz CT molecular complexity index is 415. The van der Waals surface area contributed by atoms with Gasteiger partial charge in [0.2, 0.25) is 11.2 Å². The van der Waals surface area contributed by atoms with Gasteiger partial charge < -0.3 is 4.74 Å². The van der Waals surface area contributed by atoms with Crippen molar-refractivity contribution in [3.63, 3.8) is 0 Å². The lowest BCUT2D eigenvalue weighted by atomic mass is 10.5. The standard InChI is InChI=1S/C7H5ClN2OS/c1-11-6-5-4(2-3-12-5)9-7(8)10-6/h2-3H,1H3. The Labute approximate surface area is 78.0 Å². The van der Waals surface area contributed by atoms with E-state index >= 15 is 0 Å². The second kappa shape index (κ2) is 2.88. The summed E-state index contributed by atoms with van der Waals surface area (Å²) in [4.78, 5) is 7.96. The SMILES string of the molecule is COc1nc(Cl)nc2ccsc12. The first-order chi connectivity index (χ1) is 5.81. The molecule has 0 aliphatic carbocycles. The molecule has 2 heterocycles. The number of halogens is 1. The second-order valence-corrected chi connectivity index (χ2v) is 3.39. The van der Waals surface area contributed by atoms with Crippen molar-refractivity contribution in [1.29, 1.82) is 0 Å². The molecule has 5 heteroatoms. The summed E-state index contributed by atoms with van der Waals surface area (Å²) in [7, 11) is 1.57. The monoisotopic (exact) mass is 200 g/mol. The fraction of sp³-hybridized carbons (Fsp3) is 0.143. The minimum Gasteiger partial charge on any atom is -0.480 e. The highest BCUT2D eigenvalue weighted by atomic mass is 35.5. The summed E-state index contributed by atoms with van der Waals surface area (Å²) in [6.07, 6.45) is 0. The number of hydrogen-bond acceptors (Lipinski definition) is 4. The molecule has 0 fully saturated rings. The van der Waals surface area contributed by atoms with Gasteiger partial charge in [-0.25, -0.2) is 4.98 Å². The van der Waals surface area contributed by atoms with E-state index in [1.165, 1.54) is 11.3 Å². The zero-order valence-corrected chi connectivity index (χ0v) is 7.82. The third-order valence-corrected chi connectivity index (χ3v) is 2.50. The summed E-state index contributed by atoms with van der Waals surface area (Å²) >= 11 is 7.20. The molecule has 0 saturated carbocycles. The van der Waals surface area contributed by atoms with Gasteiger partial charge in [0.05, 0.1) is 12.6 Å². The van der Waals surface area contributed by atoms with Crippen LogP contribution in [0.1, 0.15) is 0 Å². The first kappa shape index (κ1) is 7.76. The lowest BCUT2D eigenvalue weighted by molar-refractivity contribution is 0.403. The molecule has 0 aliphatic heterocycles. The average Bonchev–Trinajstić information content (AvgIpc) is 2.50. The van der Waals surface area contributed by atoms with Gasteiger partial charge in [0, 0.05) is 0 Å². The zero-order chi connectivity index (χ0) is 8.55. The minimum atomic E-state index is 0.220. The average molecular weight is 201 g/mol. The fourth-order valence-electron chi connectivity index (χ4n) is 0.948. The van der Waals surface area contributed by atoms with Gasteiger partial charge in [0.25, 0.3) is 0 Å². The molecule has 0 saturated heterocycles.